The minimum absolute atomic E-state index is 0.459. The number of halogens is 2. The van der Waals surface area contributed by atoms with Crippen molar-refractivity contribution in [2.75, 3.05) is 16.0 Å². The van der Waals surface area contributed by atoms with Crippen LogP contribution < -0.4 is 0 Å². The molecule has 44 valence electrons. The molecule has 0 bridgehead atoms. The van der Waals surface area contributed by atoms with E-state index < -0.39 is 0 Å². The van der Waals surface area contributed by atoms with Crippen LogP contribution in [0.25, 0.3) is 0 Å². The summed E-state index contributed by atoms with van der Waals surface area (Å²) in [6.45, 7) is 0. The van der Waals surface area contributed by atoms with E-state index in [2.05, 4.69) is 45.2 Å². The fourth-order valence-electron chi connectivity index (χ4n) is 0.167. The number of hydrogen-bond donors (Lipinski definition) is 0. The van der Waals surface area contributed by atoms with E-state index in [1.807, 2.05) is 0 Å². The first kappa shape index (κ1) is 8.42. The molecule has 0 rings (SSSR count). The van der Waals surface area contributed by atoms with Gasteiger partial charge in [0.25, 0.3) is 0 Å². The summed E-state index contributed by atoms with van der Waals surface area (Å²) in [7, 11) is 1.75. The van der Waals surface area contributed by atoms with E-state index in [9.17, 15) is 0 Å². The molecule has 0 aromatic carbocycles. The van der Waals surface area contributed by atoms with Gasteiger partial charge in [-0.2, -0.15) is 0 Å². The summed E-state index contributed by atoms with van der Waals surface area (Å²) in [4.78, 5) is 0. The van der Waals surface area contributed by atoms with Gasteiger partial charge in [-0.1, -0.05) is 45.2 Å². The Hall–Kier alpha value is 1.42. The fraction of sp³-hybridized carbons (Fsp3) is 1.00. The van der Waals surface area contributed by atoms with E-state index >= 15 is 0 Å². The maximum absolute atomic E-state index is 5.03. The number of methoxy groups -OCH3 is 1. The number of ether oxygens (including phenoxy) is 1. The van der Waals surface area contributed by atoms with Crippen molar-refractivity contribution in [1.82, 2.24) is 0 Å². The van der Waals surface area contributed by atoms with Gasteiger partial charge in [-0.25, -0.2) is 0 Å². The van der Waals surface area contributed by atoms with Crippen LogP contribution >= 0.6 is 45.2 Å². The van der Waals surface area contributed by atoms with Crippen molar-refractivity contribution >= 4 is 45.2 Å². The summed E-state index contributed by atoms with van der Waals surface area (Å²) in [6.07, 6.45) is 0.459. The lowest BCUT2D eigenvalue weighted by Crippen LogP contribution is -2.12. The predicted molar refractivity (Wildman–Crippen MR) is 48.6 cm³/mol. The number of rotatable bonds is 3. The van der Waals surface area contributed by atoms with Crippen molar-refractivity contribution in [1.29, 1.82) is 0 Å². The van der Waals surface area contributed by atoms with Crippen LogP contribution in [0, 0.1) is 0 Å². The molecule has 0 aromatic rings. The zero-order valence-corrected chi connectivity index (χ0v) is 8.47. The van der Waals surface area contributed by atoms with Crippen molar-refractivity contribution in [3.63, 3.8) is 0 Å². The molecule has 0 aliphatic heterocycles. The SMILES string of the molecule is COC(CI)CI. The molecular formula is C4H8I2O. The molecule has 0 aromatic heterocycles. The molecule has 0 fully saturated rings. The average Bonchev–Trinajstić information content (AvgIpc) is 1.72. The lowest BCUT2D eigenvalue weighted by Gasteiger charge is -2.05. The first-order valence-corrected chi connectivity index (χ1v) is 5.05. The van der Waals surface area contributed by atoms with Gasteiger partial charge in [0.05, 0.1) is 6.10 Å². The first-order valence-electron chi connectivity index (χ1n) is 1.99. The molecule has 0 spiro atoms. The molecule has 1 nitrogen and oxygen atoms in total. The molecule has 0 heterocycles. The smallest absolute Gasteiger partial charge is 0.0749 e. The molecule has 0 aliphatic carbocycles. The number of hydrogen-bond acceptors (Lipinski definition) is 1. The second-order valence-electron chi connectivity index (χ2n) is 1.17. The predicted octanol–water partition coefficient (Wildman–Crippen LogP) is 1.87. The van der Waals surface area contributed by atoms with E-state index in [1.54, 1.807) is 7.11 Å². The van der Waals surface area contributed by atoms with Gasteiger partial charge in [0, 0.05) is 16.0 Å². The third-order valence-corrected chi connectivity index (χ3v) is 2.64. The molecule has 0 amide bonds. The van der Waals surface area contributed by atoms with E-state index in [0.29, 0.717) is 6.10 Å². The summed E-state index contributed by atoms with van der Waals surface area (Å²) in [5, 5.41) is 0. The Balaban J connectivity index is 2.99. The van der Waals surface area contributed by atoms with Gasteiger partial charge in [-0.05, 0) is 0 Å². The summed E-state index contributed by atoms with van der Waals surface area (Å²) in [5.74, 6) is 0. The summed E-state index contributed by atoms with van der Waals surface area (Å²) in [5.41, 5.74) is 0. The highest BCUT2D eigenvalue weighted by molar-refractivity contribution is 14.1. The second-order valence-corrected chi connectivity index (χ2v) is 2.93. The van der Waals surface area contributed by atoms with Crippen LogP contribution in [-0.2, 0) is 4.74 Å². The van der Waals surface area contributed by atoms with Crippen molar-refractivity contribution in [2.45, 2.75) is 6.10 Å². The number of alkyl halides is 2. The van der Waals surface area contributed by atoms with Gasteiger partial charge in [0.1, 0.15) is 0 Å². The van der Waals surface area contributed by atoms with Crippen LogP contribution in [0.2, 0.25) is 0 Å². The van der Waals surface area contributed by atoms with Crippen LogP contribution in [0.3, 0.4) is 0 Å². The molecular weight excluding hydrogens is 318 g/mol. The van der Waals surface area contributed by atoms with Crippen LogP contribution in [0.1, 0.15) is 0 Å². The average molecular weight is 326 g/mol. The van der Waals surface area contributed by atoms with Gasteiger partial charge in [0.15, 0.2) is 0 Å². The normalized spacial score (nSPS) is 10.3. The Labute approximate surface area is 71.5 Å². The third-order valence-electron chi connectivity index (χ3n) is 0.678. The highest BCUT2D eigenvalue weighted by Gasteiger charge is 1.98. The van der Waals surface area contributed by atoms with Crippen LogP contribution in [0.5, 0.6) is 0 Å². The molecule has 0 saturated heterocycles. The maximum atomic E-state index is 5.03. The Kier molecular flexibility index (Phi) is 6.68. The van der Waals surface area contributed by atoms with Crippen LogP contribution in [-0.4, -0.2) is 22.1 Å². The molecule has 0 N–H and O–H groups in total. The molecule has 7 heavy (non-hydrogen) atoms. The van der Waals surface area contributed by atoms with E-state index in [0.717, 1.165) is 8.86 Å². The summed E-state index contributed by atoms with van der Waals surface area (Å²) >= 11 is 4.64. The van der Waals surface area contributed by atoms with Gasteiger partial charge >= 0.3 is 0 Å². The van der Waals surface area contributed by atoms with Crippen molar-refractivity contribution in [3.8, 4) is 0 Å². The van der Waals surface area contributed by atoms with Gasteiger partial charge in [0.2, 0.25) is 0 Å². The van der Waals surface area contributed by atoms with Gasteiger partial charge in [-0.15, -0.1) is 0 Å². The highest BCUT2D eigenvalue weighted by atomic mass is 127. The lowest BCUT2D eigenvalue weighted by atomic mass is 10.5. The molecule has 3 heteroatoms. The minimum atomic E-state index is 0.459. The summed E-state index contributed by atoms with van der Waals surface area (Å²) < 4.78 is 7.22. The largest absolute Gasteiger partial charge is 0.380 e. The third kappa shape index (κ3) is 3.96. The Morgan fingerprint density at radius 2 is 1.86 bits per heavy atom. The molecule has 0 unspecified atom stereocenters. The fourth-order valence-corrected chi connectivity index (χ4v) is 2.70. The Morgan fingerprint density at radius 3 is 1.86 bits per heavy atom. The first-order chi connectivity index (χ1) is 3.35. The zero-order valence-electron chi connectivity index (χ0n) is 4.16. The van der Waals surface area contributed by atoms with Crippen molar-refractivity contribution in [3.05, 3.63) is 0 Å². The van der Waals surface area contributed by atoms with Gasteiger partial charge in [-0.3, -0.25) is 0 Å². The molecule has 0 aliphatic rings. The second kappa shape index (κ2) is 5.55. The standard InChI is InChI=1S/C4H8I2O/c1-7-4(2-5)3-6/h4H,2-3H2,1H3. The molecule has 0 saturated carbocycles. The van der Waals surface area contributed by atoms with Crippen molar-refractivity contribution in [2.24, 2.45) is 0 Å². The zero-order chi connectivity index (χ0) is 5.70. The van der Waals surface area contributed by atoms with E-state index in [1.165, 1.54) is 0 Å². The minimum Gasteiger partial charge on any atom is -0.380 e. The van der Waals surface area contributed by atoms with Crippen LogP contribution in [0.15, 0.2) is 0 Å². The maximum Gasteiger partial charge on any atom is 0.0749 e. The quantitative estimate of drug-likeness (QED) is 0.568. The Morgan fingerprint density at radius 1 is 1.43 bits per heavy atom. The van der Waals surface area contributed by atoms with E-state index in [4.69, 9.17) is 4.74 Å². The highest BCUT2D eigenvalue weighted by Crippen LogP contribution is 1.99. The Bertz CT molecular complexity index is 31.2. The van der Waals surface area contributed by atoms with Crippen LogP contribution in [0.4, 0.5) is 0 Å². The molecule has 0 radical (unpaired) electrons. The van der Waals surface area contributed by atoms with E-state index in [-0.39, 0.29) is 0 Å². The summed E-state index contributed by atoms with van der Waals surface area (Å²) in [6, 6.07) is 0. The van der Waals surface area contributed by atoms with Gasteiger partial charge < -0.3 is 4.74 Å². The lowest BCUT2D eigenvalue weighted by molar-refractivity contribution is 0.146. The topological polar surface area (TPSA) is 9.23 Å². The molecule has 0 atom stereocenters. The van der Waals surface area contributed by atoms with Crippen molar-refractivity contribution < 1.29 is 4.74 Å². The monoisotopic (exact) mass is 326 g/mol.